The van der Waals surface area contributed by atoms with Gasteiger partial charge in [-0.3, -0.25) is 9.59 Å². The van der Waals surface area contributed by atoms with Gasteiger partial charge in [-0.15, -0.1) is 11.3 Å². The van der Waals surface area contributed by atoms with Crippen LogP contribution in [0, 0.1) is 20.8 Å². The van der Waals surface area contributed by atoms with E-state index in [4.69, 9.17) is 5.73 Å². The summed E-state index contributed by atoms with van der Waals surface area (Å²) in [5.41, 5.74) is 7.88. The van der Waals surface area contributed by atoms with Crippen molar-refractivity contribution in [2.75, 3.05) is 11.9 Å². The molecule has 0 aliphatic rings. The number of nitrogens with one attached hydrogen (secondary N) is 2. The molecule has 0 aliphatic carbocycles. The molecule has 0 fully saturated rings. The second-order valence-electron chi connectivity index (χ2n) is 6.21. The molecule has 4 N–H and O–H groups in total. The van der Waals surface area contributed by atoms with E-state index in [0.717, 1.165) is 5.56 Å². The van der Waals surface area contributed by atoms with Crippen molar-refractivity contribution in [3.05, 3.63) is 39.9 Å². The van der Waals surface area contributed by atoms with Gasteiger partial charge in [0.2, 0.25) is 21.8 Å². The standard InChI is InChI=1S/C17H22N4O4S2/c1-10-6-11(2)16(12(3)7-10)27(24,25)19-5-4-15(23)21-17-20-13(9-26-17)8-14(18)22/h6-7,9,19H,4-5,8H2,1-3H3,(H2,18,22)(H,20,21,23). The van der Waals surface area contributed by atoms with Gasteiger partial charge < -0.3 is 11.1 Å². The lowest BCUT2D eigenvalue weighted by atomic mass is 10.1. The Morgan fingerprint density at radius 3 is 2.41 bits per heavy atom. The number of nitrogens with zero attached hydrogens (tertiary/aromatic N) is 1. The topological polar surface area (TPSA) is 131 Å². The number of hydrogen-bond acceptors (Lipinski definition) is 6. The molecule has 0 bridgehead atoms. The molecule has 10 heteroatoms. The molecule has 2 amide bonds. The van der Waals surface area contributed by atoms with Crippen LogP contribution in [0.25, 0.3) is 0 Å². The zero-order valence-electron chi connectivity index (χ0n) is 15.3. The molecule has 2 rings (SSSR count). The maximum absolute atomic E-state index is 12.5. The number of carbonyl (C=O) groups excluding carboxylic acids is 2. The first-order chi connectivity index (χ1) is 12.6. The maximum atomic E-state index is 12.5. The highest BCUT2D eigenvalue weighted by atomic mass is 32.2. The SMILES string of the molecule is Cc1cc(C)c(S(=O)(=O)NCCC(=O)Nc2nc(CC(N)=O)cs2)c(C)c1. The Kier molecular flexibility index (Phi) is 6.68. The highest BCUT2D eigenvalue weighted by Gasteiger charge is 2.20. The molecule has 0 atom stereocenters. The zero-order valence-corrected chi connectivity index (χ0v) is 17.0. The number of thiazole rings is 1. The quantitative estimate of drug-likeness (QED) is 0.605. The highest BCUT2D eigenvalue weighted by molar-refractivity contribution is 7.89. The average molecular weight is 411 g/mol. The van der Waals surface area contributed by atoms with Gasteiger partial charge in [-0.1, -0.05) is 17.7 Å². The van der Waals surface area contributed by atoms with Crippen molar-refractivity contribution in [3.63, 3.8) is 0 Å². The van der Waals surface area contributed by atoms with Crippen LogP contribution in [0.2, 0.25) is 0 Å². The van der Waals surface area contributed by atoms with Gasteiger partial charge in [0.1, 0.15) is 0 Å². The number of anilines is 1. The molecule has 0 aliphatic heterocycles. The molecular formula is C17H22N4O4S2. The number of rotatable bonds is 8. The number of carbonyl (C=O) groups is 2. The predicted octanol–water partition coefficient (Wildman–Crippen LogP) is 1.40. The third-order valence-corrected chi connectivity index (χ3v) is 6.24. The summed E-state index contributed by atoms with van der Waals surface area (Å²) in [5, 5.41) is 4.54. The Labute approximate surface area is 162 Å². The smallest absolute Gasteiger partial charge is 0.241 e. The Morgan fingerprint density at radius 2 is 1.81 bits per heavy atom. The van der Waals surface area contributed by atoms with Crippen LogP contribution in [0.15, 0.2) is 22.4 Å². The first-order valence-corrected chi connectivity index (χ1v) is 10.5. The second-order valence-corrected chi connectivity index (χ2v) is 8.77. The summed E-state index contributed by atoms with van der Waals surface area (Å²) in [6.07, 6.45) is -0.0463. The first kappa shape index (κ1) is 21.0. The number of primary amides is 1. The normalized spacial score (nSPS) is 11.4. The van der Waals surface area contributed by atoms with Gasteiger partial charge in [-0.25, -0.2) is 18.1 Å². The van der Waals surface area contributed by atoms with Gasteiger partial charge in [0, 0.05) is 18.3 Å². The summed E-state index contributed by atoms with van der Waals surface area (Å²) in [5.74, 6) is -0.885. The van der Waals surface area contributed by atoms with E-state index in [1.807, 2.05) is 6.92 Å². The van der Waals surface area contributed by atoms with E-state index in [2.05, 4.69) is 15.0 Å². The molecule has 0 saturated carbocycles. The van der Waals surface area contributed by atoms with Crippen molar-refractivity contribution >= 4 is 38.3 Å². The number of aromatic nitrogens is 1. The van der Waals surface area contributed by atoms with Crippen molar-refractivity contribution < 1.29 is 18.0 Å². The molecular weight excluding hydrogens is 388 g/mol. The van der Waals surface area contributed by atoms with E-state index in [9.17, 15) is 18.0 Å². The number of hydrogen-bond donors (Lipinski definition) is 3. The number of nitrogens with two attached hydrogens (primary N) is 1. The fourth-order valence-corrected chi connectivity index (χ4v) is 4.97. The maximum Gasteiger partial charge on any atom is 0.241 e. The van der Waals surface area contributed by atoms with E-state index >= 15 is 0 Å². The molecule has 27 heavy (non-hydrogen) atoms. The van der Waals surface area contributed by atoms with Gasteiger partial charge in [0.15, 0.2) is 5.13 Å². The van der Waals surface area contributed by atoms with E-state index in [0.29, 0.717) is 22.0 Å². The lowest BCUT2D eigenvalue weighted by molar-refractivity contribution is -0.117. The summed E-state index contributed by atoms with van der Waals surface area (Å²) >= 11 is 1.17. The highest BCUT2D eigenvalue weighted by Crippen LogP contribution is 2.21. The van der Waals surface area contributed by atoms with Crippen molar-refractivity contribution in [1.29, 1.82) is 0 Å². The molecule has 1 aromatic heterocycles. The van der Waals surface area contributed by atoms with E-state index in [1.54, 1.807) is 31.4 Å². The summed E-state index contributed by atoms with van der Waals surface area (Å²) in [6.45, 7) is 5.35. The Hall–Kier alpha value is -2.30. The molecule has 0 radical (unpaired) electrons. The van der Waals surface area contributed by atoms with Gasteiger partial charge in [0.05, 0.1) is 17.0 Å². The van der Waals surface area contributed by atoms with E-state index in [1.165, 1.54) is 11.3 Å². The molecule has 1 heterocycles. The van der Waals surface area contributed by atoms with Crippen LogP contribution in [-0.4, -0.2) is 31.8 Å². The number of sulfonamides is 1. The minimum atomic E-state index is -3.71. The second kappa shape index (κ2) is 8.59. The third-order valence-electron chi connectivity index (χ3n) is 3.67. The summed E-state index contributed by atoms with van der Waals surface area (Å²) in [4.78, 5) is 27.1. The third kappa shape index (κ3) is 5.84. The minimum absolute atomic E-state index is 0.00141. The van der Waals surface area contributed by atoms with Crippen LogP contribution >= 0.6 is 11.3 Å². The van der Waals surface area contributed by atoms with Crippen LogP contribution < -0.4 is 15.8 Å². The van der Waals surface area contributed by atoms with Gasteiger partial charge in [-0.2, -0.15) is 0 Å². The number of amides is 2. The van der Waals surface area contributed by atoms with Crippen molar-refractivity contribution in [1.82, 2.24) is 9.71 Å². The fourth-order valence-electron chi connectivity index (χ4n) is 2.77. The van der Waals surface area contributed by atoms with Gasteiger partial charge >= 0.3 is 0 Å². The molecule has 1 aromatic carbocycles. The first-order valence-electron chi connectivity index (χ1n) is 8.18. The molecule has 0 saturated heterocycles. The molecule has 0 unspecified atom stereocenters. The summed E-state index contributed by atoms with van der Waals surface area (Å²) in [7, 11) is -3.71. The fraction of sp³-hybridized carbons (Fsp3) is 0.353. The summed E-state index contributed by atoms with van der Waals surface area (Å²) < 4.78 is 27.5. The molecule has 2 aromatic rings. The van der Waals surface area contributed by atoms with Crippen LogP contribution in [0.3, 0.4) is 0 Å². The Morgan fingerprint density at radius 1 is 1.19 bits per heavy atom. The molecule has 8 nitrogen and oxygen atoms in total. The Balaban J connectivity index is 1.92. The monoisotopic (exact) mass is 410 g/mol. The van der Waals surface area contributed by atoms with Crippen LogP contribution in [-0.2, 0) is 26.0 Å². The van der Waals surface area contributed by atoms with Crippen molar-refractivity contribution in [2.45, 2.75) is 38.5 Å². The van der Waals surface area contributed by atoms with Crippen LogP contribution in [0.1, 0.15) is 28.8 Å². The van der Waals surface area contributed by atoms with Gasteiger partial charge in [-0.05, 0) is 31.9 Å². The largest absolute Gasteiger partial charge is 0.369 e. The van der Waals surface area contributed by atoms with Crippen molar-refractivity contribution in [2.24, 2.45) is 5.73 Å². The minimum Gasteiger partial charge on any atom is -0.369 e. The zero-order chi connectivity index (χ0) is 20.2. The average Bonchev–Trinajstić information content (AvgIpc) is 2.91. The van der Waals surface area contributed by atoms with Crippen LogP contribution in [0.4, 0.5) is 5.13 Å². The Bertz CT molecular complexity index is 944. The number of benzene rings is 1. The summed E-state index contributed by atoms with van der Waals surface area (Å²) in [6, 6.07) is 3.61. The van der Waals surface area contributed by atoms with Crippen molar-refractivity contribution in [3.8, 4) is 0 Å². The molecule has 0 spiro atoms. The van der Waals surface area contributed by atoms with Crippen LogP contribution in [0.5, 0.6) is 0 Å². The number of aryl methyl sites for hydroxylation is 3. The lowest BCUT2D eigenvalue weighted by Crippen LogP contribution is -2.29. The van der Waals surface area contributed by atoms with E-state index < -0.39 is 15.9 Å². The molecule has 146 valence electrons. The van der Waals surface area contributed by atoms with E-state index in [-0.39, 0.29) is 30.2 Å². The predicted molar refractivity (Wildman–Crippen MR) is 104 cm³/mol. The lowest BCUT2D eigenvalue weighted by Gasteiger charge is -2.13. The van der Waals surface area contributed by atoms with Gasteiger partial charge in [0.25, 0.3) is 0 Å².